The Morgan fingerprint density at radius 1 is 1.50 bits per heavy atom. The zero-order valence-corrected chi connectivity index (χ0v) is 7.99. The van der Waals surface area contributed by atoms with Crippen LogP contribution in [0.5, 0.6) is 0 Å². The predicted molar refractivity (Wildman–Crippen MR) is 56.1 cm³/mol. The van der Waals surface area contributed by atoms with Crippen LogP contribution >= 0.6 is 0 Å². The summed E-state index contributed by atoms with van der Waals surface area (Å²) in [6, 6.07) is 8.07. The van der Waals surface area contributed by atoms with Crippen LogP contribution in [0.3, 0.4) is 0 Å². The van der Waals surface area contributed by atoms with E-state index in [-0.39, 0.29) is 11.7 Å². The third kappa shape index (κ3) is 1.49. The number of rotatable bonds is 2. The van der Waals surface area contributed by atoms with Gasteiger partial charge in [0.05, 0.1) is 5.92 Å². The van der Waals surface area contributed by atoms with Gasteiger partial charge in [0, 0.05) is 13.1 Å². The van der Waals surface area contributed by atoms with E-state index in [4.69, 9.17) is 0 Å². The number of fused-ring (bicyclic) bond motifs is 1. The molecule has 1 aliphatic heterocycles. The molecule has 0 bridgehead atoms. The molecule has 1 unspecified atom stereocenters. The summed E-state index contributed by atoms with van der Waals surface area (Å²) in [5.74, 6) is 0.0575. The molecule has 72 valence electrons. The van der Waals surface area contributed by atoms with Gasteiger partial charge in [0.1, 0.15) is 0 Å². The van der Waals surface area contributed by atoms with Gasteiger partial charge in [-0.2, -0.15) is 0 Å². The van der Waals surface area contributed by atoms with Crippen LogP contribution in [-0.2, 0) is 11.3 Å². The van der Waals surface area contributed by atoms with E-state index >= 15 is 0 Å². The molecule has 1 heterocycles. The van der Waals surface area contributed by atoms with Crippen LogP contribution in [0.15, 0.2) is 36.9 Å². The zero-order chi connectivity index (χ0) is 9.97. The summed E-state index contributed by atoms with van der Waals surface area (Å²) in [6.45, 7) is 5.11. The molecule has 0 radical (unpaired) electrons. The van der Waals surface area contributed by atoms with Crippen LogP contribution in [0, 0.1) is 0 Å². The van der Waals surface area contributed by atoms with Crippen LogP contribution in [0.25, 0.3) is 0 Å². The van der Waals surface area contributed by atoms with Crippen LogP contribution in [0.1, 0.15) is 17.0 Å². The summed E-state index contributed by atoms with van der Waals surface area (Å²) in [5.41, 5.74) is 2.37. The second-order valence-electron chi connectivity index (χ2n) is 3.49. The number of allylic oxidation sites excluding steroid dienone is 1. The summed E-state index contributed by atoms with van der Waals surface area (Å²) < 4.78 is 0. The highest BCUT2D eigenvalue weighted by atomic mass is 16.1. The van der Waals surface area contributed by atoms with E-state index in [0.29, 0.717) is 0 Å². The van der Waals surface area contributed by atoms with Crippen molar-refractivity contribution in [2.45, 2.75) is 12.5 Å². The molecule has 1 aromatic carbocycles. The van der Waals surface area contributed by atoms with Gasteiger partial charge in [-0.15, -0.1) is 0 Å². The van der Waals surface area contributed by atoms with E-state index in [1.54, 1.807) is 0 Å². The Morgan fingerprint density at radius 3 is 3.07 bits per heavy atom. The summed E-state index contributed by atoms with van der Waals surface area (Å²) >= 11 is 0. The van der Waals surface area contributed by atoms with Gasteiger partial charge in [-0.1, -0.05) is 30.8 Å². The number of carbonyl (C=O) groups is 1. The van der Waals surface area contributed by atoms with E-state index in [2.05, 4.69) is 18.0 Å². The molecular weight excluding hydrogens is 174 g/mol. The maximum absolute atomic E-state index is 11.6. The van der Waals surface area contributed by atoms with Crippen molar-refractivity contribution >= 4 is 5.78 Å². The average molecular weight is 187 g/mol. The molecule has 0 saturated carbocycles. The standard InChI is InChI=1S/C12H13NO/c1-2-12(14)11-8-13-7-9-5-3-4-6-10(9)11/h2-6,11,13H,1,7-8H2. The molecule has 1 aliphatic rings. The second kappa shape index (κ2) is 3.76. The highest BCUT2D eigenvalue weighted by molar-refractivity contribution is 5.95. The molecular formula is C12H13NO. The van der Waals surface area contributed by atoms with Crippen molar-refractivity contribution in [3.8, 4) is 0 Å². The first-order valence-corrected chi connectivity index (χ1v) is 4.77. The van der Waals surface area contributed by atoms with Crippen molar-refractivity contribution < 1.29 is 4.79 Å². The SMILES string of the molecule is C=CC(=O)C1CNCc2ccccc21. The normalized spacial score (nSPS) is 19.9. The maximum atomic E-state index is 11.6. The lowest BCUT2D eigenvalue weighted by Gasteiger charge is -2.24. The van der Waals surface area contributed by atoms with Crippen LogP contribution in [-0.4, -0.2) is 12.3 Å². The number of benzene rings is 1. The minimum atomic E-state index is -0.0440. The Labute approximate surface area is 83.6 Å². The average Bonchev–Trinajstić information content (AvgIpc) is 2.27. The molecule has 0 aromatic heterocycles. The highest BCUT2D eigenvalue weighted by Crippen LogP contribution is 2.24. The van der Waals surface area contributed by atoms with Gasteiger partial charge < -0.3 is 5.32 Å². The number of hydrogen-bond donors (Lipinski definition) is 1. The molecule has 1 aromatic rings. The fourth-order valence-electron chi connectivity index (χ4n) is 1.89. The van der Waals surface area contributed by atoms with Gasteiger partial charge in [0.2, 0.25) is 0 Å². The van der Waals surface area contributed by atoms with Gasteiger partial charge in [0.25, 0.3) is 0 Å². The third-order valence-corrected chi connectivity index (χ3v) is 2.64. The van der Waals surface area contributed by atoms with Crippen molar-refractivity contribution in [2.24, 2.45) is 0 Å². The summed E-state index contributed by atoms with van der Waals surface area (Å²) in [4.78, 5) is 11.6. The second-order valence-corrected chi connectivity index (χ2v) is 3.49. The zero-order valence-electron chi connectivity index (χ0n) is 7.99. The molecule has 1 atom stereocenters. The molecule has 0 saturated heterocycles. The Kier molecular flexibility index (Phi) is 2.46. The first-order chi connectivity index (χ1) is 6.83. The first-order valence-electron chi connectivity index (χ1n) is 4.77. The summed E-state index contributed by atoms with van der Waals surface area (Å²) in [7, 11) is 0. The Balaban J connectivity index is 2.40. The predicted octanol–water partition coefficient (Wildman–Crippen LogP) is 1.63. The van der Waals surface area contributed by atoms with Gasteiger partial charge in [-0.3, -0.25) is 4.79 Å². The van der Waals surface area contributed by atoms with Gasteiger partial charge in [-0.05, 0) is 17.2 Å². The number of ketones is 1. The smallest absolute Gasteiger partial charge is 0.163 e. The molecule has 1 N–H and O–H groups in total. The molecule has 14 heavy (non-hydrogen) atoms. The van der Waals surface area contributed by atoms with Gasteiger partial charge >= 0.3 is 0 Å². The molecule has 0 amide bonds. The third-order valence-electron chi connectivity index (χ3n) is 2.64. The van der Waals surface area contributed by atoms with E-state index in [0.717, 1.165) is 18.7 Å². The van der Waals surface area contributed by atoms with Crippen molar-refractivity contribution in [1.29, 1.82) is 0 Å². The van der Waals surface area contributed by atoms with Gasteiger partial charge in [-0.25, -0.2) is 0 Å². The van der Waals surface area contributed by atoms with Crippen LogP contribution in [0.4, 0.5) is 0 Å². The molecule has 2 heteroatoms. The lowest BCUT2D eigenvalue weighted by atomic mass is 9.88. The van der Waals surface area contributed by atoms with E-state index < -0.39 is 0 Å². The topological polar surface area (TPSA) is 29.1 Å². The number of hydrogen-bond acceptors (Lipinski definition) is 2. The quantitative estimate of drug-likeness (QED) is 0.713. The minimum Gasteiger partial charge on any atom is -0.312 e. The van der Waals surface area contributed by atoms with Crippen LogP contribution in [0.2, 0.25) is 0 Å². The Morgan fingerprint density at radius 2 is 2.29 bits per heavy atom. The van der Waals surface area contributed by atoms with Crippen molar-refractivity contribution in [1.82, 2.24) is 5.32 Å². The minimum absolute atomic E-state index is 0.0440. The van der Waals surface area contributed by atoms with E-state index in [1.807, 2.05) is 18.2 Å². The van der Waals surface area contributed by atoms with Crippen molar-refractivity contribution in [3.05, 3.63) is 48.0 Å². The molecule has 0 fully saturated rings. The highest BCUT2D eigenvalue weighted by Gasteiger charge is 2.23. The van der Waals surface area contributed by atoms with Gasteiger partial charge in [0.15, 0.2) is 5.78 Å². The lowest BCUT2D eigenvalue weighted by molar-refractivity contribution is -0.116. The summed E-state index contributed by atoms with van der Waals surface area (Å²) in [5, 5.41) is 3.24. The van der Waals surface area contributed by atoms with E-state index in [9.17, 15) is 4.79 Å². The molecule has 2 rings (SSSR count). The fourth-order valence-corrected chi connectivity index (χ4v) is 1.89. The Bertz CT molecular complexity index is 370. The number of nitrogens with one attached hydrogen (secondary N) is 1. The van der Waals surface area contributed by atoms with Crippen molar-refractivity contribution in [3.63, 3.8) is 0 Å². The molecule has 0 aliphatic carbocycles. The van der Waals surface area contributed by atoms with E-state index in [1.165, 1.54) is 11.6 Å². The Hall–Kier alpha value is -1.41. The maximum Gasteiger partial charge on any atom is 0.163 e. The molecule has 2 nitrogen and oxygen atoms in total. The summed E-state index contributed by atoms with van der Waals surface area (Å²) in [6.07, 6.45) is 1.41. The fraction of sp³-hybridized carbons (Fsp3) is 0.250. The van der Waals surface area contributed by atoms with Crippen LogP contribution < -0.4 is 5.32 Å². The number of carbonyl (C=O) groups excluding carboxylic acids is 1. The lowest BCUT2D eigenvalue weighted by Crippen LogP contribution is -2.31. The first kappa shape index (κ1) is 9.16. The molecule has 0 spiro atoms. The van der Waals surface area contributed by atoms with Crippen molar-refractivity contribution in [2.75, 3.05) is 6.54 Å². The largest absolute Gasteiger partial charge is 0.312 e. The monoisotopic (exact) mass is 187 g/mol.